The summed E-state index contributed by atoms with van der Waals surface area (Å²) in [5.41, 5.74) is -0.108. The zero-order valence-corrected chi connectivity index (χ0v) is 11.0. The molecule has 0 amide bonds. The monoisotopic (exact) mass is 254 g/mol. The third-order valence-corrected chi connectivity index (χ3v) is 4.48. The van der Waals surface area contributed by atoms with Gasteiger partial charge in [-0.25, -0.2) is 8.78 Å². The fourth-order valence-corrected chi connectivity index (χ4v) is 3.13. The molecule has 1 aliphatic rings. The van der Waals surface area contributed by atoms with E-state index in [2.05, 4.69) is 0 Å². The van der Waals surface area contributed by atoms with Crippen molar-refractivity contribution in [2.24, 2.45) is 5.41 Å². The van der Waals surface area contributed by atoms with Crippen LogP contribution in [0.2, 0.25) is 0 Å². The van der Waals surface area contributed by atoms with Crippen molar-refractivity contribution >= 4 is 0 Å². The average Bonchev–Trinajstić information content (AvgIpc) is 2.84. The van der Waals surface area contributed by atoms with Crippen molar-refractivity contribution in [3.8, 4) is 0 Å². The summed E-state index contributed by atoms with van der Waals surface area (Å²) in [6.45, 7) is 3.58. The van der Waals surface area contributed by atoms with Crippen LogP contribution in [-0.2, 0) is 0 Å². The standard InChI is InChI=1S/C15H20F2O/c1-3-15(8-4-5-9-15)14(18)12-11(16)7-6-10(2)13(12)17/h6-7,14,18H,3-5,8-9H2,1-2H3. The number of rotatable bonds is 3. The molecule has 1 fully saturated rings. The number of hydrogen-bond donors (Lipinski definition) is 1. The maximum absolute atomic E-state index is 14.1. The van der Waals surface area contributed by atoms with Crippen molar-refractivity contribution in [3.05, 3.63) is 34.9 Å². The van der Waals surface area contributed by atoms with E-state index in [4.69, 9.17) is 0 Å². The molecule has 1 saturated carbocycles. The third kappa shape index (κ3) is 2.05. The van der Waals surface area contributed by atoms with E-state index < -0.39 is 17.7 Å². The van der Waals surface area contributed by atoms with Crippen molar-refractivity contribution in [3.63, 3.8) is 0 Å². The Kier molecular flexibility index (Phi) is 3.71. The molecule has 3 heteroatoms. The highest BCUT2D eigenvalue weighted by molar-refractivity contribution is 5.29. The summed E-state index contributed by atoms with van der Waals surface area (Å²) in [6, 6.07) is 2.66. The lowest BCUT2D eigenvalue weighted by molar-refractivity contribution is 0.0183. The maximum Gasteiger partial charge on any atom is 0.134 e. The molecule has 0 heterocycles. The van der Waals surface area contributed by atoms with E-state index in [-0.39, 0.29) is 11.0 Å². The van der Waals surface area contributed by atoms with E-state index in [1.165, 1.54) is 12.1 Å². The van der Waals surface area contributed by atoms with Crippen molar-refractivity contribution < 1.29 is 13.9 Å². The molecular formula is C15H20F2O. The zero-order chi connectivity index (χ0) is 13.3. The zero-order valence-electron chi connectivity index (χ0n) is 11.0. The predicted octanol–water partition coefficient (Wildman–Crippen LogP) is 4.28. The first kappa shape index (κ1) is 13.5. The number of aliphatic hydroxyl groups is 1. The highest BCUT2D eigenvalue weighted by Crippen LogP contribution is 2.50. The molecular weight excluding hydrogens is 234 g/mol. The van der Waals surface area contributed by atoms with Crippen LogP contribution in [0.5, 0.6) is 0 Å². The summed E-state index contributed by atoms with van der Waals surface area (Å²) in [7, 11) is 0. The fraction of sp³-hybridized carbons (Fsp3) is 0.600. The van der Waals surface area contributed by atoms with Gasteiger partial charge in [0, 0.05) is 5.41 Å². The molecule has 18 heavy (non-hydrogen) atoms. The third-order valence-electron chi connectivity index (χ3n) is 4.48. The highest BCUT2D eigenvalue weighted by Gasteiger charge is 2.42. The molecule has 100 valence electrons. The predicted molar refractivity (Wildman–Crippen MR) is 67.2 cm³/mol. The van der Waals surface area contributed by atoms with Crippen molar-refractivity contribution in [1.29, 1.82) is 0 Å². The van der Waals surface area contributed by atoms with Gasteiger partial charge in [-0.15, -0.1) is 0 Å². The second kappa shape index (κ2) is 4.96. The van der Waals surface area contributed by atoms with E-state index in [0.717, 1.165) is 32.1 Å². The normalized spacial score (nSPS) is 20.1. The molecule has 0 aliphatic heterocycles. The number of halogens is 2. The lowest BCUT2D eigenvalue weighted by atomic mass is 9.75. The van der Waals surface area contributed by atoms with Gasteiger partial charge >= 0.3 is 0 Å². The summed E-state index contributed by atoms with van der Waals surface area (Å²) in [5.74, 6) is -1.23. The fourth-order valence-electron chi connectivity index (χ4n) is 3.13. The molecule has 0 saturated heterocycles. The van der Waals surface area contributed by atoms with Gasteiger partial charge < -0.3 is 5.11 Å². The van der Waals surface area contributed by atoms with Crippen LogP contribution in [0.25, 0.3) is 0 Å². The maximum atomic E-state index is 14.1. The Morgan fingerprint density at radius 1 is 1.28 bits per heavy atom. The first-order valence-corrected chi connectivity index (χ1v) is 6.64. The van der Waals surface area contributed by atoms with Crippen LogP contribution in [-0.4, -0.2) is 5.11 Å². The Morgan fingerprint density at radius 2 is 1.89 bits per heavy atom. The van der Waals surface area contributed by atoms with E-state index in [1.54, 1.807) is 6.92 Å². The minimum atomic E-state index is -1.04. The van der Waals surface area contributed by atoms with Gasteiger partial charge in [0.15, 0.2) is 0 Å². The smallest absolute Gasteiger partial charge is 0.134 e. The Hall–Kier alpha value is -0.960. The van der Waals surface area contributed by atoms with Crippen LogP contribution in [0, 0.1) is 24.0 Å². The topological polar surface area (TPSA) is 20.2 Å². The molecule has 2 rings (SSSR count). The number of hydrogen-bond acceptors (Lipinski definition) is 1. The van der Waals surface area contributed by atoms with Gasteiger partial charge in [0.05, 0.1) is 11.7 Å². The van der Waals surface area contributed by atoms with Gasteiger partial charge in [0.2, 0.25) is 0 Å². The molecule has 1 N–H and O–H groups in total. The second-order valence-electron chi connectivity index (χ2n) is 5.42. The molecule has 0 radical (unpaired) electrons. The van der Waals surface area contributed by atoms with Gasteiger partial charge in [-0.3, -0.25) is 0 Å². The summed E-state index contributed by atoms with van der Waals surface area (Å²) in [4.78, 5) is 0. The molecule has 1 aliphatic carbocycles. The largest absolute Gasteiger partial charge is 0.388 e. The Labute approximate surface area is 107 Å². The van der Waals surface area contributed by atoms with Crippen LogP contribution in [0.1, 0.15) is 56.3 Å². The van der Waals surface area contributed by atoms with E-state index in [9.17, 15) is 13.9 Å². The number of aliphatic hydroxyl groups excluding tert-OH is 1. The molecule has 1 unspecified atom stereocenters. The Bertz CT molecular complexity index is 436. The van der Waals surface area contributed by atoms with Gasteiger partial charge in [0.25, 0.3) is 0 Å². The van der Waals surface area contributed by atoms with Gasteiger partial charge in [-0.05, 0) is 37.8 Å². The highest BCUT2D eigenvalue weighted by atomic mass is 19.1. The first-order chi connectivity index (χ1) is 8.52. The van der Waals surface area contributed by atoms with E-state index in [0.29, 0.717) is 5.56 Å². The second-order valence-corrected chi connectivity index (χ2v) is 5.42. The van der Waals surface area contributed by atoms with Gasteiger partial charge in [0.1, 0.15) is 11.6 Å². The first-order valence-electron chi connectivity index (χ1n) is 6.64. The Morgan fingerprint density at radius 3 is 2.44 bits per heavy atom. The van der Waals surface area contributed by atoms with Crippen LogP contribution >= 0.6 is 0 Å². The molecule has 1 atom stereocenters. The minimum Gasteiger partial charge on any atom is -0.388 e. The molecule has 0 bridgehead atoms. The summed E-state index contributed by atoms with van der Waals surface area (Å²) in [5, 5.41) is 10.5. The molecule has 0 spiro atoms. The van der Waals surface area contributed by atoms with E-state index >= 15 is 0 Å². The van der Waals surface area contributed by atoms with Gasteiger partial charge in [-0.2, -0.15) is 0 Å². The average molecular weight is 254 g/mol. The van der Waals surface area contributed by atoms with Crippen LogP contribution in [0.15, 0.2) is 12.1 Å². The quantitative estimate of drug-likeness (QED) is 0.853. The van der Waals surface area contributed by atoms with Gasteiger partial charge in [-0.1, -0.05) is 25.8 Å². The molecule has 0 aromatic heterocycles. The van der Waals surface area contributed by atoms with Crippen LogP contribution in [0.3, 0.4) is 0 Å². The van der Waals surface area contributed by atoms with Crippen LogP contribution in [0.4, 0.5) is 8.78 Å². The molecule has 1 nitrogen and oxygen atoms in total. The lowest BCUT2D eigenvalue weighted by Gasteiger charge is -2.34. The summed E-state index contributed by atoms with van der Waals surface area (Å²) < 4.78 is 27.9. The Balaban J connectivity index is 2.45. The van der Waals surface area contributed by atoms with Crippen LogP contribution < -0.4 is 0 Å². The van der Waals surface area contributed by atoms with Crippen molar-refractivity contribution in [2.75, 3.05) is 0 Å². The lowest BCUT2D eigenvalue weighted by Crippen LogP contribution is -2.27. The van der Waals surface area contributed by atoms with Crippen molar-refractivity contribution in [1.82, 2.24) is 0 Å². The minimum absolute atomic E-state index is 0.140. The number of benzene rings is 1. The SMILES string of the molecule is CCC1(C(O)c2c(F)ccc(C)c2F)CCCC1. The van der Waals surface area contributed by atoms with E-state index in [1.807, 2.05) is 6.92 Å². The summed E-state index contributed by atoms with van der Waals surface area (Å²) >= 11 is 0. The molecule has 1 aromatic carbocycles. The number of aryl methyl sites for hydroxylation is 1. The van der Waals surface area contributed by atoms with Crippen molar-refractivity contribution in [2.45, 2.75) is 52.1 Å². The molecule has 1 aromatic rings. The summed E-state index contributed by atoms with van der Waals surface area (Å²) in [6.07, 6.45) is 3.46.